The molecule has 0 spiro atoms. The number of hydrogen-bond donors (Lipinski definition) is 1. The second-order valence-corrected chi connectivity index (χ2v) is 5.20. The average molecular weight is 251 g/mol. The van der Waals surface area contributed by atoms with Crippen LogP contribution >= 0.6 is 11.6 Å². The fraction of sp³-hybridized carbons (Fsp3) is 0.462. The first-order chi connectivity index (χ1) is 8.33. The molecule has 1 N–H and O–H groups in total. The third kappa shape index (κ3) is 2.25. The molecular formula is C13H15ClN2O. The molecule has 1 aliphatic carbocycles. The Morgan fingerprint density at radius 2 is 2.06 bits per heavy atom. The highest BCUT2D eigenvalue weighted by molar-refractivity contribution is 6.20. The molecule has 2 aromatic rings. The van der Waals surface area contributed by atoms with Crippen LogP contribution in [0.15, 0.2) is 29.0 Å². The standard InChI is InChI=1S/C13H15ClN2O/c14-9-1-3-10(4-2-9)16-13-11-6-8-17-12(11)5-7-15-13/h5-10H,1-4H2,(H,15,16). The van der Waals surface area contributed by atoms with Crippen LogP contribution in [0.3, 0.4) is 0 Å². The summed E-state index contributed by atoms with van der Waals surface area (Å²) in [5, 5.41) is 4.91. The Kier molecular flexibility index (Phi) is 2.93. The molecule has 0 unspecified atom stereocenters. The highest BCUT2D eigenvalue weighted by atomic mass is 35.5. The number of alkyl halides is 1. The van der Waals surface area contributed by atoms with Gasteiger partial charge in [0.15, 0.2) is 0 Å². The Bertz CT molecular complexity index is 503. The molecule has 0 bridgehead atoms. The van der Waals surface area contributed by atoms with Crippen molar-refractivity contribution in [3.63, 3.8) is 0 Å². The Labute approximate surface area is 105 Å². The fourth-order valence-electron chi connectivity index (χ4n) is 2.40. The second kappa shape index (κ2) is 4.57. The molecule has 1 saturated carbocycles. The first kappa shape index (κ1) is 10.9. The van der Waals surface area contributed by atoms with Crippen LogP contribution in [0.2, 0.25) is 0 Å². The zero-order chi connectivity index (χ0) is 11.7. The van der Waals surface area contributed by atoms with Crippen molar-refractivity contribution in [2.75, 3.05) is 5.32 Å². The third-order valence-electron chi connectivity index (χ3n) is 3.38. The zero-order valence-electron chi connectivity index (χ0n) is 9.53. The summed E-state index contributed by atoms with van der Waals surface area (Å²) in [7, 11) is 0. The van der Waals surface area contributed by atoms with Crippen molar-refractivity contribution in [3.8, 4) is 0 Å². The normalized spacial score (nSPS) is 25.0. The first-order valence-electron chi connectivity index (χ1n) is 6.06. The van der Waals surface area contributed by atoms with Gasteiger partial charge in [-0.25, -0.2) is 4.98 Å². The molecule has 0 amide bonds. The van der Waals surface area contributed by atoms with Gasteiger partial charge in [-0.3, -0.25) is 0 Å². The Balaban J connectivity index is 1.78. The van der Waals surface area contributed by atoms with Crippen LogP contribution in [0.25, 0.3) is 11.0 Å². The van der Waals surface area contributed by atoms with E-state index in [1.165, 1.54) is 0 Å². The predicted octanol–water partition coefficient (Wildman–Crippen LogP) is 3.79. The summed E-state index contributed by atoms with van der Waals surface area (Å²) in [6, 6.07) is 4.33. The van der Waals surface area contributed by atoms with Gasteiger partial charge in [0.2, 0.25) is 0 Å². The van der Waals surface area contributed by atoms with Crippen LogP contribution in [-0.4, -0.2) is 16.4 Å². The lowest BCUT2D eigenvalue weighted by Gasteiger charge is -2.26. The van der Waals surface area contributed by atoms with Crippen molar-refractivity contribution < 1.29 is 4.42 Å². The third-order valence-corrected chi connectivity index (χ3v) is 3.81. The molecule has 3 rings (SSSR count). The monoisotopic (exact) mass is 250 g/mol. The number of furan rings is 1. The number of aromatic nitrogens is 1. The second-order valence-electron chi connectivity index (χ2n) is 4.59. The molecule has 1 fully saturated rings. The fourth-order valence-corrected chi connectivity index (χ4v) is 2.65. The minimum atomic E-state index is 0.353. The zero-order valence-corrected chi connectivity index (χ0v) is 10.3. The van der Waals surface area contributed by atoms with Gasteiger partial charge in [0.1, 0.15) is 11.4 Å². The van der Waals surface area contributed by atoms with Crippen molar-refractivity contribution in [1.29, 1.82) is 0 Å². The number of pyridine rings is 1. The van der Waals surface area contributed by atoms with Crippen molar-refractivity contribution in [3.05, 3.63) is 24.6 Å². The number of halogens is 1. The van der Waals surface area contributed by atoms with E-state index in [2.05, 4.69) is 10.3 Å². The Morgan fingerprint density at radius 3 is 2.88 bits per heavy atom. The van der Waals surface area contributed by atoms with Gasteiger partial charge in [0, 0.05) is 17.6 Å². The van der Waals surface area contributed by atoms with Crippen molar-refractivity contribution in [2.24, 2.45) is 0 Å². The van der Waals surface area contributed by atoms with Crippen LogP contribution in [0.1, 0.15) is 25.7 Å². The van der Waals surface area contributed by atoms with E-state index in [-0.39, 0.29) is 0 Å². The van der Waals surface area contributed by atoms with E-state index in [1.807, 2.05) is 12.1 Å². The molecule has 0 radical (unpaired) electrons. The lowest BCUT2D eigenvalue weighted by molar-refractivity contribution is 0.468. The maximum absolute atomic E-state index is 6.10. The molecule has 4 heteroatoms. The van der Waals surface area contributed by atoms with E-state index >= 15 is 0 Å². The molecule has 1 aliphatic rings. The smallest absolute Gasteiger partial charge is 0.139 e. The minimum Gasteiger partial charge on any atom is -0.464 e. The van der Waals surface area contributed by atoms with Crippen LogP contribution < -0.4 is 5.32 Å². The first-order valence-corrected chi connectivity index (χ1v) is 6.49. The van der Waals surface area contributed by atoms with Gasteiger partial charge >= 0.3 is 0 Å². The lowest BCUT2D eigenvalue weighted by atomic mass is 9.95. The molecule has 17 heavy (non-hydrogen) atoms. The molecule has 0 aliphatic heterocycles. The molecule has 0 aromatic carbocycles. The summed E-state index contributed by atoms with van der Waals surface area (Å²) >= 11 is 6.10. The summed E-state index contributed by atoms with van der Waals surface area (Å²) < 4.78 is 5.36. The Morgan fingerprint density at radius 1 is 1.24 bits per heavy atom. The van der Waals surface area contributed by atoms with Gasteiger partial charge in [-0.1, -0.05) is 0 Å². The molecule has 2 heterocycles. The van der Waals surface area contributed by atoms with E-state index in [9.17, 15) is 0 Å². The van der Waals surface area contributed by atoms with Crippen LogP contribution in [0.4, 0.5) is 5.82 Å². The minimum absolute atomic E-state index is 0.353. The summed E-state index contributed by atoms with van der Waals surface area (Å²) in [4.78, 5) is 4.39. The van der Waals surface area contributed by atoms with Crippen molar-refractivity contribution >= 4 is 28.4 Å². The van der Waals surface area contributed by atoms with Gasteiger partial charge in [-0.2, -0.15) is 0 Å². The Hall–Kier alpha value is -1.22. The van der Waals surface area contributed by atoms with Gasteiger partial charge < -0.3 is 9.73 Å². The van der Waals surface area contributed by atoms with E-state index in [0.717, 1.165) is 42.5 Å². The lowest BCUT2D eigenvalue weighted by Crippen LogP contribution is -2.26. The van der Waals surface area contributed by atoms with Gasteiger partial charge in [0.25, 0.3) is 0 Å². The molecular weight excluding hydrogens is 236 g/mol. The largest absolute Gasteiger partial charge is 0.464 e. The summed E-state index contributed by atoms with van der Waals surface area (Å²) in [6.45, 7) is 0. The SMILES string of the molecule is ClC1CCC(Nc2nccc3occc23)CC1. The molecule has 3 nitrogen and oxygen atoms in total. The number of anilines is 1. The highest BCUT2D eigenvalue weighted by Crippen LogP contribution is 2.28. The molecule has 90 valence electrons. The van der Waals surface area contributed by atoms with Crippen molar-refractivity contribution in [2.45, 2.75) is 37.1 Å². The van der Waals surface area contributed by atoms with E-state index in [0.29, 0.717) is 11.4 Å². The van der Waals surface area contributed by atoms with E-state index < -0.39 is 0 Å². The molecule has 0 saturated heterocycles. The maximum atomic E-state index is 6.10. The van der Waals surface area contributed by atoms with E-state index in [1.54, 1.807) is 12.5 Å². The number of nitrogens with zero attached hydrogens (tertiary/aromatic N) is 1. The number of nitrogens with one attached hydrogen (secondary N) is 1. The van der Waals surface area contributed by atoms with Crippen LogP contribution in [0, 0.1) is 0 Å². The summed E-state index contributed by atoms with van der Waals surface area (Å²) in [5.41, 5.74) is 0.883. The number of fused-ring (bicyclic) bond motifs is 1. The van der Waals surface area contributed by atoms with Gasteiger partial charge in [-0.15, -0.1) is 11.6 Å². The highest BCUT2D eigenvalue weighted by Gasteiger charge is 2.20. The van der Waals surface area contributed by atoms with E-state index in [4.69, 9.17) is 16.0 Å². The topological polar surface area (TPSA) is 38.1 Å². The number of hydrogen-bond acceptors (Lipinski definition) is 3. The van der Waals surface area contributed by atoms with Crippen molar-refractivity contribution in [1.82, 2.24) is 4.98 Å². The predicted molar refractivity (Wildman–Crippen MR) is 69.5 cm³/mol. The van der Waals surface area contributed by atoms with Gasteiger partial charge in [0.05, 0.1) is 11.6 Å². The molecule has 2 aromatic heterocycles. The van der Waals surface area contributed by atoms with Crippen LogP contribution in [0.5, 0.6) is 0 Å². The average Bonchev–Trinajstić information content (AvgIpc) is 2.81. The summed E-state index contributed by atoms with van der Waals surface area (Å²) in [5.74, 6) is 0.925. The summed E-state index contributed by atoms with van der Waals surface area (Å²) in [6.07, 6.45) is 7.88. The quantitative estimate of drug-likeness (QED) is 0.824. The molecule has 0 atom stereocenters. The van der Waals surface area contributed by atoms with Gasteiger partial charge in [-0.05, 0) is 37.8 Å². The maximum Gasteiger partial charge on any atom is 0.139 e. The van der Waals surface area contributed by atoms with Crippen LogP contribution in [-0.2, 0) is 0 Å². The number of rotatable bonds is 2.